The van der Waals surface area contributed by atoms with Crippen LogP contribution in [0.3, 0.4) is 0 Å². The van der Waals surface area contributed by atoms with Gasteiger partial charge in [-0.3, -0.25) is 0 Å². The fraction of sp³-hybridized carbons (Fsp3) is 0.154. The summed E-state index contributed by atoms with van der Waals surface area (Å²) in [6.07, 6.45) is -4.35. The number of hydrogen-bond donors (Lipinski definition) is 1. The number of thioether (sulfide) groups is 1. The topological polar surface area (TPSA) is 29.5 Å². The van der Waals surface area contributed by atoms with Crippen molar-refractivity contribution < 1.29 is 23.0 Å². The van der Waals surface area contributed by atoms with E-state index in [0.29, 0.717) is 12.4 Å². The van der Waals surface area contributed by atoms with Gasteiger partial charge >= 0.3 is 6.18 Å². The number of ether oxygens (including phenoxy) is 1. The molecule has 4 aromatic rings. The summed E-state index contributed by atoms with van der Waals surface area (Å²) >= 11 is 3.20. The zero-order valence-electron chi connectivity index (χ0n) is 17.7. The summed E-state index contributed by atoms with van der Waals surface area (Å²) < 4.78 is 44.8. The third-order valence-corrected chi connectivity index (χ3v) is 7.50. The molecule has 0 aliphatic rings. The maximum atomic E-state index is 12.9. The van der Waals surface area contributed by atoms with Gasteiger partial charge in [-0.1, -0.05) is 30.3 Å². The van der Waals surface area contributed by atoms with Gasteiger partial charge in [-0.2, -0.15) is 13.2 Å². The molecule has 0 spiro atoms. The largest absolute Gasteiger partial charge is 0.508 e. The zero-order chi connectivity index (χ0) is 23.4. The Balaban J connectivity index is 1.58. The van der Waals surface area contributed by atoms with Crippen LogP contribution in [0.1, 0.15) is 21.6 Å². The molecule has 0 saturated heterocycles. The molecule has 0 aliphatic heterocycles. The van der Waals surface area contributed by atoms with Crippen LogP contribution in [-0.2, 0) is 18.5 Å². The third kappa shape index (κ3) is 5.92. The number of aryl methyl sites for hydroxylation is 1. The third-order valence-electron chi connectivity index (χ3n) is 5.07. The maximum Gasteiger partial charge on any atom is 0.416 e. The van der Waals surface area contributed by atoms with Crippen LogP contribution in [0.15, 0.2) is 83.8 Å². The molecule has 1 heterocycles. The number of alkyl halides is 3. The summed E-state index contributed by atoms with van der Waals surface area (Å²) in [5.41, 5.74) is 1.89. The second-order valence-corrected chi connectivity index (χ2v) is 9.66. The predicted octanol–water partition coefficient (Wildman–Crippen LogP) is 8.32. The first-order valence-corrected chi connectivity index (χ1v) is 12.0. The van der Waals surface area contributed by atoms with Gasteiger partial charge in [0.25, 0.3) is 0 Å². The highest BCUT2D eigenvalue weighted by atomic mass is 32.2. The van der Waals surface area contributed by atoms with E-state index >= 15 is 0 Å². The minimum absolute atomic E-state index is 0.261. The lowest BCUT2D eigenvalue weighted by molar-refractivity contribution is -0.137. The van der Waals surface area contributed by atoms with Crippen LogP contribution >= 0.6 is 23.1 Å². The van der Waals surface area contributed by atoms with Gasteiger partial charge in [0.1, 0.15) is 18.1 Å². The Hall–Kier alpha value is -2.90. The quantitative estimate of drug-likeness (QED) is 0.266. The number of hydrogen-bond acceptors (Lipinski definition) is 4. The molecule has 33 heavy (non-hydrogen) atoms. The van der Waals surface area contributed by atoms with Gasteiger partial charge in [-0.25, -0.2) is 0 Å². The lowest BCUT2D eigenvalue weighted by Gasteiger charge is -2.08. The molecule has 0 fully saturated rings. The molecule has 0 amide bonds. The molecule has 0 unspecified atom stereocenters. The molecule has 0 aliphatic carbocycles. The molecule has 0 radical (unpaired) electrons. The van der Waals surface area contributed by atoms with Gasteiger partial charge in [0.05, 0.1) is 5.56 Å². The summed E-state index contributed by atoms with van der Waals surface area (Å²) in [6.45, 7) is 2.22. The van der Waals surface area contributed by atoms with Gasteiger partial charge in [0.15, 0.2) is 0 Å². The van der Waals surface area contributed by atoms with Crippen molar-refractivity contribution in [2.45, 2.75) is 30.4 Å². The van der Waals surface area contributed by atoms with Gasteiger partial charge in [0, 0.05) is 26.0 Å². The van der Waals surface area contributed by atoms with E-state index in [1.54, 1.807) is 29.2 Å². The van der Waals surface area contributed by atoms with Crippen molar-refractivity contribution in [2.75, 3.05) is 0 Å². The van der Waals surface area contributed by atoms with Crippen molar-refractivity contribution in [1.82, 2.24) is 0 Å². The number of benzene rings is 3. The van der Waals surface area contributed by atoms with E-state index in [0.717, 1.165) is 49.2 Å². The number of phenolic OH excluding ortho intramolecular Hbond substituents is 1. The van der Waals surface area contributed by atoms with Crippen LogP contribution < -0.4 is 4.74 Å². The number of rotatable bonds is 7. The molecule has 4 rings (SSSR count). The molecule has 0 bridgehead atoms. The average molecular weight is 487 g/mol. The molecule has 1 N–H and O–H groups in total. The van der Waals surface area contributed by atoms with E-state index in [4.69, 9.17) is 4.74 Å². The van der Waals surface area contributed by atoms with Crippen molar-refractivity contribution in [2.24, 2.45) is 0 Å². The molecule has 0 saturated carbocycles. The fourth-order valence-corrected chi connectivity index (χ4v) is 5.51. The van der Waals surface area contributed by atoms with Crippen molar-refractivity contribution in [3.05, 3.63) is 100 Å². The minimum atomic E-state index is -4.35. The Bertz CT molecular complexity index is 1220. The molecule has 7 heteroatoms. The Labute approximate surface area is 198 Å². The van der Waals surface area contributed by atoms with E-state index in [-0.39, 0.29) is 5.75 Å². The summed E-state index contributed by atoms with van der Waals surface area (Å²) in [5, 5.41) is 9.76. The number of phenols is 1. The Morgan fingerprint density at radius 2 is 1.67 bits per heavy atom. The molecule has 2 nitrogen and oxygen atoms in total. The minimum Gasteiger partial charge on any atom is -0.508 e. The second kappa shape index (κ2) is 9.93. The van der Waals surface area contributed by atoms with E-state index in [9.17, 15) is 18.3 Å². The summed E-state index contributed by atoms with van der Waals surface area (Å²) in [6, 6.07) is 22.2. The first kappa shape index (κ1) is 23.3. The average Bonchev–Trinajstić information content (AvgIpc) is 3.22. The van der Waals surface area contributed by atoms with Crippen LogP contribution in [0.2, 0.25) is 0 Å². The Kier molecular flexibility index (Phi) is 7.00. The van der Waals surface area contributed by atoms with E-state index in [1.807, 2.05) is 55.5 Å². The molecule has 1 aromatic heterocycles. The van der Waals surface area contributed by atoms with Crippen molar-refractivity contribution >= 4 is 23.1 Å². The van der Waals surface area contributed by atoms with Crippen LogP contribution in [0, 0.1) is 6.92 Å². The molecular formula is C26H21F3O2S2. The monoisotopic (exact) mass is 486 g/mol. The van der Waals surface area contributed by atoms with Gasteiger partial charge in [0.2, 0.25) is 0 Å². The summed E-state index contributed by atoms with van der Waals surface area (Å²) in [5.74, 6) is 1.70. The van der Waals surface area contributed by atoms with Crippen LogP contribution in [0.4, 0.5) is 13.2 Å². The first-order valence-electron chi connectivity index (χ1n) is 10.2. The van der Waals surface area contributed by atoms with Crippen molar-refractivity contribution in [1.29, 1.82) is 0 Å². The first-order chi connectivity index (χ1) is 15.8. The molecule has 170 valence electrons. The van der Waals surface area contributed by atoms with E-state index in [2.05, 4.69) is 0 Å². The highest BCUT2D eigenvalue weighted by molar-refractivity contribution is 7.98. The highest BCUT2D eigenvalue weighted by Gasteiger charge is 2.30. The smallest absolute Gasteiger partial charge is 0.416 e. The lowest BCUT2D eigenvalue weighted by Crippen LogP contribution is -2.03. The lowest BCUT2D eigenvalue weighted by atomic mass is 10.1. The number of halogens is 3. The fourth-order valence-electron chi connectivity index (χ4n) is 3.22. The molecular weight excluding hydrogens is 465 g/mol. The second-order valence-electron chi connectivity index (χ2n) is 7.47. The highest BCUT2D eigenvalue weighted by Crippen LogP contribution is 2.38. The molecule has 3 aromatic carbocycles. The van der Waals surface area contributed by atoms with E-state index < -0.39 is 11.7 Å². The van der Waals surface area contributed by atoms with Crippen LogP contribution in [-0.4, -0.2) is 5.11 Å². The zero-order valence-corrected chi connectivity index (χ0v) is 19.4. The number of para-hydroxylation sites is 1. The van der Waals surface area contributed by atoms with Crippen molar-refractivity contribution in [3.8, 4) is 21.9 Å². The standard InChI is InChI=1S/C26H21F3O2S2/c1-17-13-22(11-12-23(17)30)32-16-25-19(15-31-21-5-3-2-4-6-21)14-24(33-25)18-7-9-20(10-8-18)26(27,28)29/h2-14,30H,15-16H2,1H3. The van der Waals surface area contributed by atoms with Gasteiger partial charge in [-0.15, -0.1) is 23.1 Å². The van der Waals surface area contributed by atoms with Crippen molar-refractivity contribution in [3.63, 3.8) is 0 Å². The summed E-state index contributed by atoms with van der Waals surface area (Å²) in [4.78, 5) is 3.02. The summed E-state index contributed by atoms with van der Waals surface area (Å²) in [7, 11) is 0. The van der Waals surface area contributed by atoms with Crippen LogP contribution in [0.5, 0.6) is 11.5 Å². The maximum absolute atomic E-state index is 12.9. The SMILES string of the molecule is Cc1cc(SCc2sc(-c3ccc(C(F)(F)F)cc3)cc2COc2ccccc2)ccc1O. The number of thiophene rings is 1. The predicted molar refractivity (Wildman–Crippen MR) is 128 cm³/mol. The number of aromatic hydroxyl groups is 1. The van der Waals surface area contributed by atoms with Gasteiger partial charge < -0.3 is 9.84 Å². The van der Waals surface area contributed by atoms with Gasteiger partial charge in [-0.05, 0) is 66.6 Å². The Morgan fingerprint density at radius 1 is 0.939 bits per heavy atom. The van der Waals surface area contributed by atoms with Crippen LogP contribution in [0.25, 0.3) is 10.4 Å². The normalized spacial score (nSPS) is 11.5. The molecule has 0 atom stereocenters. The Morgan fingerprint density at radius 3 is 2.33 bits per heavy atom. The van der Waals surface area contributed by atoms with E-state index in [1.165, 1.54) is 12.1 Å².